The predicted molar refractivity (Wildman–Crippen MR) is 293 cm³/mol. The Hall–Kier alpha value is -2.95. The first-order chi connectivity index (χ1) is 40.8. The second-order valence-electron chi connectivity index (χ2n) is 16.2. The van der Waals surface area contributed by atoms with Crippen LogP contribution in [0.2, 0.25) is 0 Å². The van der Waals surface area contributed by atoms with Crippen molar-refractivity contribution in [3.8, 4) is 11.5 Å². The summed E-state index contributed by atoms with van der Waals surface area (Å²) in [5.74, 6) is -0.929. The summed E-state index contributed by atoms with van der Waals surface area (Å²) < 4.78 is 153. The lowest BCUT2D eigenvalue weighted by Crippen LogP contribution is -2.40. The van der Waals surface area contributed by atoms with Crippen molar-refractivity contribution >= 4 is 28.5 Å². The van der Waals surface area contributed by atoms with Crippen LogP contribution in [-0.2, 0) is 119 Å². The Balaban J connectivity index is 1.37. The van der Waals surface area contributed by atoms with Crippen LogP contribution in [0.25, 0.3) is 0 Å². The summed E-state index contributed by atoms with van der Waals surface area (Å²) in [5, 5.41) is 11.3. The van der Waals surface area contributed by atoms with Crippen molar-refractivity contribution in [3.05, 3.63) is 59.7 Å². The fourth-order valence-corrected chi connectivity index (χ4v) is 6.85. The van der Waals surface area contributed by atoms with Gasteiger partial charge < -0.3 is 94.7 Å². The van der Waals surface area contributed by atoms with E-state index in [9.17, 15) is 13.2 Å². The summed E-state index contributed by atoms with van der Waals surface area (Å²) in [6, 6.07) is 13.6. The minimum atomic E-state index is -4.45. The van der Waals surface area contributed by atoms with Crippen molar-refractivity contribution < 1.29 is 135 Å². The number of ketones is 1. The lowest BCUT2D eigenvalue weighted by molar-refractivity contribution is -0.434. The van der Waals surface area contributed by atoms with Crippen LogP contribution in [0.15, 0.2) is 48.5 Å². The van der Waals surface area contributed by atoms with Crippen molar-refractivity contribution in [1.82, 2.24) is 0 Å². The molecule has 0 aliphatic carbocycles. The minimum Gasteiger partial charge on any atom is -0.491 e. The third kappa shape index (κ3) is 44.2. The van der Waals surface area contributed by atoms with E-state index < -0.39 is 22.0 Å². The summed E-state index contributed by atoms with van der Waals surface area (Å²) in [7, 11) is -1.62. The number of methoxy groups -OCH3 is 2. The second kappa shape index (κ2) is 55.6. The van der Waals surface area contributed by atoms with E-state index in [0.29, 0.717) is 246 Å². The molecule has 0 unspecified atom stereocenters. The third-order valence-electron chi connectivity index (χ3n) is 10.3. The molecule has 83 heavy (non-hydrogen) atoms. The maximum Gasteiger partial charge on any atom is 0.397 e. The predicted octanol–water partition coefficient (Wildman–Crippen LogP) is 2.86. The Morgan fingerprint density at radius 2 is 0.639 bits per heavy atom. The van der Waals surface area contributed by atoms with E-state index in [0.717, 1.165) is 0 Å². The van der Waals surface area contributed by atoms with Gasteiger partial charge in [0.15, 0.2) is 12.3 Å². The van der Waals surface area contributed by atoms with Crippen LogP contribution in [0.4, 0.5) is 0 Å². The molecule has 0 aromatic heterocycles. The fraction of sp³-hybridized carbons (Fsp3) is 0.750. The molecule has 0 bridgehead atoms. The molecule has 2 aromatic rings. The summed E-state index contributed by atoms with van der Waals surface area (Å²) in [5.41, 5.74) is 0.858. The molecular formula is C52H88O29S2. The van der Waals surface area contributed by atoms with Gasteiger partial charge in [-0.2, -0.15) is 8.42 Å². The van der Waals surface area contributed by atoms with Gasteiger partial charge in [-0.3, -0.25) is 13.5 Å². The highest BCUT2D eigenvalue weighted by Crippen LogP contribution is 2.32. The van der Waals surface area contributed by atoms with E-state index >= 15 is 0 Å². The number of Topliss-reactive ketones (excluding diaryl/α,β-unsaturated/α-hetero) is 1. The molecule has 0 saturated carbocycles. The van der Waals surface area contributed by atoms with Gasteiger partial charge in [-0.05, 0) is 48.5 Å². The Morgan fingerprint density at radius 3 is 0.904 bits per heavy atom. The monoisotopic (exact) mass is 1240 g/mol. The Labute approximate surface area is 491 Å². The number of hydrogen-bond donors (Lipinski definition) is 2. The van der Waals surface area contributed by atoms with Gasteiger partial charge >= 0.3 is 10.4 Å². The van der Waals surface area contributed by atoms with Gasteiger partial charge in [-0.25, -0.2) is 9.44 Å². The van der Waals surface area contributed by atoms with Crippen LogP contribution in [0.5, 0.6) is 11.5 Å². The lowest BCUT2D eigenvalue weighted by atomic mass is 9.95. The standard InChI is InChI=1S/C52H88O29S2/c1-58-52(59-2,48-5-9-50(10-6-48)77-44-40-73-36-32-69-28-24-65-20-16-61-12-14-63-18-22-67-26-30-71-34-38-75-42-46-79-83(55,56)57)51(53)47-3-7-49(8-4-47)76-43-39-72-35-31-68-27-23-64-19-15-60-11-13-62-17-21-66-25-29-70-33-37-74-41-45-78-82-81-80-54/h3-10,54H,11-46H2,1-2H3,(H,55,56,57). The van der Waals surface area contributed by atoms with Crippen LogP contribution < -0.4 is 9.47 Å². The average Bonchev–Trinajstić information content (AvgIpc) is 3.26. The first-order valence-corrected chi connectivity index (χ1v) is 29.0. The fourth-order valence-electron chi connectivity index (χ4n) is 6.38. The Kier molecular flexibility index (Phi) is 51.0. The Morgan fingerprint density at radius 1 is 0.386 bits per heavy atom. The highest BCUT2D eigenvalue weighted by Gasteiger charge is 2.41. The SMILES string of the molecule is COC(OC)(C(=O)c1ccc(OCCOCCOCCOCCOCCOCCOCCOCCOCCOSOOO)cc1)c1ccc(OCCOCCOCCOCCOCCOCCOCCOCCOCCOS(=O)(=O)O)cc1. The highest BCUT2D eigenvalue weighted by molar-refractivity contribution is 7.89. The highest BCUT2D eigenvalue weighted by atomic mass is 32.3. The van der Waals surface area contributed by atoms with Gasteiger partial charge in [0.05, 0.1) is 225 Å². The van der Waals surface area contributed by atoms with E-state index in [4.69, 9.17) is 109 Å². The first-order valence-electron chi connectivity index (χ1n) is 27.0. The number of rotatable bonds is 65. The van der Waals surface area contributed by atoms with Gasteiger partial charge in [0.2, 0.25) is 5.78 Å². The molecule has 2 N–H and O–H groups in total. The summed E-state index contributed by atoms with van der Waals surface area (Å²) in [6.07, 6.45) is 0. The number of ether oxygens (including phenoxy) is 20. The third-order valence-corrected chi connectivity index (χ3v) is 11.1. The smallest absolute Gasteiger partial charge is 0.397 e. The molecule has 2 rings (SSSR count). The molecule has 0 aliphatic heterocycles. The molecular weight excluding hydrogens is 1150 g/mol. The minimum absolute atomic E-state index is 0.0124. The maximum absolute atomic E-state index is 13.8. The van der Waals surface area contributed by atoms with E-state index in [1.165, 1.54) is 14.2 Å². The van der Waals surface area contributed by atoms with Crippen LogP contribution in [0, 0.1) is 0 Å². The van der Waals surface area contributed by atoms with Gasteiger partial charge in [0.1, 0.15) is 24.7 Å². The van der Waals surface area contributed by atoms with E-state index in [1.807, 2.05) is 0 Å². The summed E-state index contributed by atoms with van der Waals surface area (Å²) >= 11 is 0.502. The summed E-state index contributed by atoms with van der Waals surface area (Å²) in [6.45, 7) is 13.3. The average molecular weight is 1240 g/mol. The molecule has 0 amide bonds. The molecule has 0 aliphatic rings. The number of hydrogen-bond acceptors (Lipinski definition) is 29. The maximum atomic E-state index is 13.8. The van der Waals surface area contributed by atoms with Gasteiger partial charge in [0.25, 0.3) is 5.79 Å². The van der Waals surface area contributed by atoms with Crippen LogP contribution in [0.1, 0.15) is 15.9 Å². The number of carbonyl (C=O) groups excluding carboxylic acids is 1. The van der Waals surface area contributed by atoms with E-state index in [2.05, 4.69) is 13.6 Å². The molecule has 0 heterocycles. The number of carbonyl (C=O) groups is 1. The molecule has 2 aromatic carbocycles. The normalized spacial score (nSPS) is 12.0. The van der Waals surface area contributed by atoms with Crippen LogP contribution in [0.3, 0.4) is 0 Å². The van der Waals surface area contributed by atoms with Gasteiger partial charge in [-0.1, -0.05) is 5.04 Å². The summed E-state index contributed by atoms with van der Waals surface area (Å²) in [4.78, 5) is 13.8. The van der Waals surface area contributed by atoms with Crippen LogP contribution in [-0.4, -0.2) is 276 Å². The molecule has 29 nitrogen and oxygen atoms in total. The van der Waals surface area contributed by atoms with Crippen molar-refractivity contribution in [2.45, 2.75) is 5.79 Å². The molecule has 0 saturated heterocycles. The van der Waals surface area contributed by atoms with Crippen molar-refractivity contribution in [2.24, 2.45) is 0 Å². The quantitative estimate of drug-likeness (QED) is 0.0183. The van der Waals surface area contributed by atoms with E-state index in [-0.39, 0.29) is 26.4 Å². The number of benzene rings is 2. The Bertz CT molecular complexity index is 1840. The molecule has 0 fully saturated rings. The first kappa shape index (κ1) is 76.1. The largest absolute Gasteiger partial charge is 0.491 e. The van der Waals surface area contributed by atoms with Gasteiger partial charge in [0, 0.05) is 25.3 Å². The molecule has 482 valence electrons. The van der Waals surface area contributed by atoms with Gasteiger partial charge in [-0.15, -0.1) is 4.33 Å². The molecule has 0 radical (unpaired) electrons. The zero-order chi connectivity index (χ0) is 59.7. The zero-order valence-corrected chi connectivity index (χ0v) is 49.4. The van der Waals surface area contributed by atoms with Crippen molar-refractivity contribution in [1.29, 1.82) is 0 Å². The second-order valence-corrected chi connectivity index (χ2v) is 17.8. The van der Waals surface area contributed by atoms with E-state index in [1.54, 1.807) is 48.5 Å². The van der Waals surface area contributed by atoms with Crippen molar-refractivity contribution in [3.63, 3.8) is 0 Å². The molecule has 31 heteroatoms. The topological polar surface area (TPSA) is 313 Å². The molecule has 0 atom stereocenters. The van der Waals surface area contributed by atoms with Crippen molar-refractivity contribution in [2.75, 3.05) is 252 Å². The molecule has 0 spiro atoms. The van der Waals surface area contributed by atoms with Crippen LogP contribution >= 0.6 is 12.3 Å². The zero-order valence-electron chi connectivity index (χ0n) is 47.8. The lowest BCUT2D eigenvalue weighted by Gasteiger charge is -2.30.